The van der Waals surface area contributed by atoms with Crippen molar-refractivity contribution in [3.05, 3.63) is 128 Å². The largest absolute Gasteiger partial charge is 0.0613 e. The van der Waals surface area contributed by atoms with Crippen molar-refractivity contribution in [1.29, 1.82) is 0 Å². The highest BCUT2D eigenvalue weighted by Crippen LogP contribution is 2.64. The Morgan fingerprint density at radius 3 is 1.00 bits per heavy atom. The van der Waals surface area contributed by atoms with Crippen molar-refractivity contribution in [2.45, 2.75) is 90.9 Å². The molecule has 4 aliphatic carbocycles. The molecule has 0 saturated heterocycles. The third kappa shape index (κ3) is 2.75. The molecule has 0 nitrogen and oxygen atoms in total. The van der Waals surface area contributed by atoms with Gasteiger partial charge in [0.25, 0.3) is 0 Å². The van der Waals surface area contributed by atoms with Crippen molar-refractivity contribution in [2.75, 3.05) is 0 Å². The minimum absolute atomic E-state index is 0.0744. The van der Waals surface area contributed by atoms with Crippen molar-refractivity contribution in [3.8, 4) is 33.4 Å². The highest BCUT2D eigenvalue weighted by molar-refractivity contribution is 6.19. The molecular weight excluding hydrogens is 553 g/mol. The maximum atomic E-state index is 2.61. The summed E-state index contributed by atoms with van der Waals surface area (Å²) >= 11 is 0. The Labute approximate surface area is 273 Å². The second kappa shape index (κ2) is 7.69. The SMILES string of the molecule is Cc1cc2c3c(c1)C(C)(C)c1cccc4c(-c5cc6c7c8c(cccc58)C(C)(C)c5cc(C)cc(c5-7)C6(C)C)cc(c-3c14)C2(C)C. The zero-order valence-corrected chi connectivity index (χ0v) is 28.9. The van der Waals surface area contributed by atoms with E-state index in [1.807, 2.05) is 0 Å². The Kier molecular flexibility index (Phi) is 4.51. The van der Waals surface area contributed by atoms with Crippen LogP contribution in [0.2, 0.25) is 0 Å². The van der Waals surface area contributed by atoms with E-state index in [0.29, 0.717) is 0 Å². The van der Waals surface area contributed by atoms with Crippen LogP contribution in [0, 0.1) is 13.8 Å². The predicted molar refractivity (Wildman–Crippen MR) is 196 cm³/mol. The van der Waals surface area contributed by atoms with Gasteiger partial charge in [0.1, 0.15) is 0 Å². The summed E-state index contributed by atoms with van der Waals surface area (Å²) in [5.41, 5.74) is 23.1. The average molecular weight is 595 g/mol. The molecule has 0 fully saturated rings. The first-order chi connectivity index (χ1) is 21.7. The maximum absolute atomic E-state index is 2.61. The fourth-order valence-corrected chi connectivity index (χ4v) is 10.6. The standard InChI is InChI=1S/C46H42/c1-23-17-31-39-33(19-23)45(7,8)35-21-27(25-13-11-15-29(43(31,3)4)37(25)41(35)39)28-22-36-42-38-26(28)14-12-16-30(38)44(5,6)32-18-24(2)20-34(40(32)42)46(36,9)10/h11-22H,1-10H3. The van der Waals surface area contributed by atoms with Gasteiger partial charge in [-0.1, -0.05) is 127 Å². The number of hydrogen-bond acceptors (Lipinski definition) is 0. The Bertz CT molecular complexity index is 2300. The van der Waals surface area contributed by atoms with Crippen LogP contribution < -0.4 is 0 Å². The molecule has 0 spiro atoms. The summed E-state index contributed by atoms with van der Waals surface area (Å²) in [5, 5.41) is 5.74. The summed E-state index contributed by atoms with van der Waals surface area (Å²) < 4.78 is 0. The van der Waals surface area contributed by atoms with Gasteiger partial charge in [0, 0.05) is 21.7 Å². The Morgan fingerprint density at radius 2 is 0.652 bits per heavy atom. The van der Waals surface area contributed by atoms with E-state index in [0.717, 1.165) is 0 Å². The lowest BCUT2D eigenvalue weighted by Crippen LogP contribution is -2.24. The van der Waals surface area contributed by atoms with Crippen LogP contribution in [0.3, 0.4) is 0 Å². The highest BCUT2D eigenvalue weighted by atomic mass is 14.5. The van der Waals surface area contributed by atoms with Crippen molar-refractivity contribution < 1.29 is 0 Å². The van der Waals surface area contributed by atoms with Gasteiger partial charge >= 0.3 is 0 Å². The van der Waals surface area contributed by atoms with E-state index in [1.165, 1.54) is 111 Å². The smallest absolute Gasteiger partial charge is 0.0159 e. The lowest BCUT2D eigenvalue weighted by molar-refractivity contribution is 0.638. The van der Waals surface area contributed by atoms with Gasteiger partial charge in [-0.15, -0.1) is 0 Å². The van der Waals surface area contributed by atoms with Crippen molar-refractivity contribution in [1.82, 2.24) is 0 Å². The minimum Gasteiger partial charge on any atom is -0.0613 e. The zero-order valence-electron chi connectivity index (χ0n) is 28.9. The second-order valence-electron chi connectivity index (χ2n) is 17.1. The molecule has 0 amide bonds. The van der Waals surface area contributed by atoms with E-state index in [-0.39, 0.29) is 21.7 Å². The van der Waals surface area contributed by atoms with Gasteiger partial charge in [-0.25, -0.2) is 0 Å². The molecule has 0 aliphatic heterocycles. The lowest BCUT2D eigenvalue weighted by Gasteiger charge is -2.36. The van der Waals surface area contributed by atoms with Crippen LogP contribution in [0.5, 0.6) is 0 Å². The third-order valence-corrected chi connectivity index (χ3v) is 13.1. The van der Waals surface area contributed by atoms with Gasteiger partial charge in [-0.3, -0.25) is 0 Å². The molecular formula is C46H42. The Balaban J connectivity index is 1.40. The number of benzene rings is 6. The quantitative estimate of drug-likeness (QED) is 0.178. The fraction of sp³-hybridized carbons (Fsp3) is 0.304. The Hall–Kier alpha value is -4.16. The van der Waals surface area contributed by atoms with E-state index in [9.17, 15) is 0 Å². The molecule has 226 valence electrons. The maximum Gasteiger partial charge on any atom is 0.0159 e. The molecule has 6 aromatic carbocycles. The van der Waals surface area contributed by atoms with Gasteiger partial charge in [0.15, 0.2) is 0 Å². The van der Waals surface area contributed by atoms with E-state index in [2.05, 4.69) is 142 Å². The predicted octanol–water partition coefficient (Wildman–Crippen LogP) is 12.2. The Morgan fingerprint density at radius 1 is 0.348 bits per heavy atom. The van der Waals surface area contributed by atoms with Crippen molar-refractivity contribution in [2.24, 2.45) is 0 Å². The molecule has 0 radical (unpaired) electrons. The molecule has 0 bridgehead atoms. The van der Waals surface area contributed by atoms with Crippen molar-refractivity contribution >= 4 is 21.5 Å². The summed E-state index contributed by atoms with van der Waals surface area (Å²) in [4.78, 5) is 0. The first kappa shape index (κ1) is 27.0. The molecule has 0 unspecified atom stereocenters. The third-order valence-electron chi connectivity index (χ3n) is 13.1. The van der Waals surface area contributed by atoms with Gasteiger partial charge in [-0.2, -0.15) is 0 Å². The number of aryl methyl sites for hydroxylation is 2. The van der Waals surface area contributed by atoms with Gasteiger partial charge < -0.3 is 0 Å². The fourth-order valence-electron chi connectivity index (χ4n) is 10.6. The first-order valence-electron chi connectivity index (χ1n) is 17.2. The molecule has 0 saturated carbocycles. The van der Waals surface area contributed by atoms with Gasteiger partial charge in [-0.05, 0) is 125 Å². The summed E-state index contributed by atoms with van der Waals surface area (Å²) in [5.74, 6) is 0. The van der Waals surface area contributed by atoms with E-state index < -0.39 is 0 Å². The van der Waals surface area contributed by atoms with E-state index >= 15 is 0 Å². The van der Waals surface area contributed by atoms with Crippen LogP contribution in [0.4, 0.5) is 0 Å². The number of hydrogen-bond donors (Lipinski definition) is 0. The molecule has 46 heavy (non-hydrogen) atoms. The zero-order chi connectivity index (χ0) is 32.0. The molecule has 10 rings (SSSR count). The minimum atomic E-state index is -0.0745. The first-order valence-corrected chi connectivity index (χ1v) is 17.2. The second-order valence-corrected chi connectivity index (χ2v) is 17.1. The van der Waals surface area contributed by atoms with E-state index in [4.69, 9.17) is 0 Å². The summed E-state index contributed by atoms with van der Waals surface area (Å²) in [7, 11) is 0. The highest BCUT2D eigenvalue weighted by Gasteiger charge is 2.47. The molecule has 0 atom stereocenters. The van der Waals surface area contributed by atoms with E-state index in [1.54, 1.807) is 0 Å². The summed E-state index contributed by atoms with van der Waals surface area (Å²) in [6.07, 6.45) is 0. The monoisotopic (exact) mass is 594 g/mol. The molecule has 4 aliphatic rings. The van der Waals surface area contributed by atoms with Crippen molar-refractivity contribution in [3.63, 3.8) is 0 Å². The molecule has 0 N–H and O–H groups in total. The topological polar surface area (TPSA) is 0 Å². The molecule has 0 heterocycles. The lowest BCUT2D eigenvalue weighted by atomic mass is 9.67. The van der Waals surface area contributed by atoms with Crippen LogP contribution in [-0.2, 0) is 21.7 Å². The van der Waals surface area contributed by atoms with Gasteiger partial charge in [0.05, 0.1) is 0 Å². The van der Waals surface area contributed by atoms with Crippen LogP contribution in [-0.4, -0.2) is 0 Å². The van der Waals surface area contributed by atoms with Crippen LogP contribution in [0.1, 0.15) is 111 Å². The number of rotatable bonds is 1. The molecule has 0 aromatic heterocycles. The normalized spacial score (nSPS) is 18.9. The summed E-state index contributed by atoms with van der Waals surface area (Å²) in [6.45, 7) is 24.2. The average Bonchev–Trinajstić information content (AvgIpc) is 3.37. The van der Waals surface area contributed by atoms with Gasteiger partial charge in [0.2, 0.25) is 0 Å². The van der Waals surface area contributed by atoms with Crippen LogP contribution >= 0.6 is 0 Å². The summed E-state index contributed by atoms with van der Waals surface area (Å²) in [6, 6.07) is 29.4. The molecule has 0 heteroatoms. The van der Waals surface area contributed by atoms with Crippen LogP contribution in [0.15, 0.2) is 72.8 Å². The molecule has 6 aromatic rings. The van der Waals surface area contributed by atoms with Crippen LogP contribution in [0.25, 0.3) is 54.9 Å².